The molecule has 0 spiro atoms. The van der Waals surface area contributed by atoms with E-state index in [-0.39, 0.29) is 11.4 Å². The number of anilines is 1. The van der Waals surface area contributed by atoms with Crippen LogP contribution in [0.1, 0.15) is 11.7 Å². The number of rotatable bonds is 6. The van der Waals surface area contributed by atoms with Crippen molar-refractivity contribution >= 4 is 15.7 Å². The SMILES string of the molecule is CNc1ccncc1S(=O)(=O)NCCc1noc(C)n1. The average molecular weight is 297 g/mol. The van der Waals surface area contributed by atoms with Crippen LogP contribution in [0.2, 0.25) is 0 Å². The van der Waals surface area contributed by atoms with E-state index in [0.29, 0.717) is 23.8 Å². The van der Waals surface area contributed by atoms with Gasteiger partial charge in [-0.05, 0) is 6.07 Å². The Morgan fingerprint density at radius 2 is 2.20 bits per heavy atom. The molecule has 0 unspecified atom stereocenters. The molecule has 2 heterocycles. The summed E-state index contributed by atoms with van der Waals surface area (Å²) in [6.07, 6.45) is 3.17. The van der Waals surface area contributed by atoms with E-state index in [9.17, 15) is 8.42 Å². The van der Waals surface area contributed by atoms with Gasteiger partial charge in [-0.2, -0.15) is 4.98 Å². The van der Waals surface area contributed by atoms with Crippen LogP contribution in [0.3, 0.4) is 0 Å². The van der Waals surface area contributed by atoms with E-state index in [1.54, 1.807) is 20.0 Å². The monoisotopic (exact) mass is 297 g/mol. The highest BCUT2D eigenvalue weighted by molar-refractivity contribution is 7.89. The average Bonchev–Trinajstić information content (AvgIpc) is 2.84. The minimum Gasteiger partial charge on any atom is -0.387 e. The van der Waals surface area contributed by atoms with Crippen LogP contribution in [0.15, 0.2) is 27.9 Å². The molecule has 9 heteroatoms. The summed E-state index contributed by atoms with van der Waals surface area (Å²) in [4.78, 5) is 7.93. The van der Waals surface area contributed by atoms with Crippen LogP contribution in [-0.2, 0) is 16.4 Å². The molecule has 108 valence electrons. The number of aryl methyl sites for hydroxylation is 1. The summed E-state index contributed by atoms with van der Waals surface area (Å²) in [5, 5.41) is 6.51. The van der Waals surface area contributed by atoms with Crippen molar-refractivity contribution in [1.82, 2.24) is 19.8 Å². The number of hydrogen-bond donors (Lipinski definition) is 2. The Labute approximate surface area is 116 Å². The standard InChI is InChI=1S/C11H15N5O3S/c1-8-15-11(16-19-8)4-6-14-20(17,18)10-7-13-5-3-9(10)12-2/h3,5,7,14H,4,6H2,1-2H3,(H,12,13). The molecule has 0 bridgehead atoms. The fourth-order valence-electron chi connectivity index (χ4n) is 1.62. The summed E-state index contributed by atoms with van der Waals surface area (Å²) in [7, 11) is -1.98. The Morgan fingerprint density at radius 3 is 2.85 bits per heavy atom. The Kier molecular flexibility index (Phi) is 4.30. The van der Waals surface area contributed by atoms with E-state index in [1.165, 1.54) is 12.4 Å². The van der Waals surface area contributed by atoms with Crippen LogP contribution in [-0.4, -0.2) is 37.1 Å². The van der Waals surface area contributed by atoms with Gasteiger partial charge >= 0.3 is 0 Å². The summed E-state index contributed by atoms with van der Waals surface area (Å²) >= 11 is 0. The van der Waals surface area contributed by atoms with Crippen LogP contribution in [0.5, 0.6) is 0 Å². The van der Waals surface area contributed by atoms with Crippen molar-refractivity contribution in [3.05, 3.63) is 30.2 Å². The molecule has 0 saturated carbocycles. The van der Waals surface area contributed by atoms with Crippen LogP contribution in [0, 0.1) is 6.92 Å². The van der Waals surface area contributed by atoms with Crippen molar-refractivity contribution in [2.24, 2.45) is 0 Å². The molecule has 20 heavy (non-hydrogen) atoms. The Morgan fingerprint density at radius 1 is 1.40 bits per heavy atom. The molecule has 0 aliphatic carbocycles. The van der Waals surface area contributed by atoms with E-state index >= 15 is 0 Å². The molecule has 2 N–H and O–H groups in total. The molecule has 0 aliphatic heterocycles. The lowest BCUT2D eigenvalue weighted by Crippen LogP contribution is -2.27. The minimum atomic E-state index is -3.63. The topological polar surface area (TPSA) is 110 Å². The highest BCUT2D eigenvalue weighted by atomic mass is 32.2. The second-order valence-corrected chi connectivity index (χ2v) is 5.73. The first-order valence-electron chi connectivity index (χ1n) is 5.93. The highest BCUT2D eigenvalue weighted by Gasteiger charge is 2.18. The second-order valence-electron chi connectivity index (χ2n) is 4.00. The number of sulfonamides is 1. The predicted octanol–water partition coefficient (Wildman–Crippen LogP) is 0.336. The number of aromatic nitrogens is 3. The molecule has 0 atom stereocenters. The summed E-state index contributed by atoms with van der Waals surface area (Å²) < 4.78 is 31.6. The van der Waals surface area contributed by atoms with E-state index in [4.69, 9.17) is 4.52 Å². The molecular weight excluding hydrogens is 282 g/mol. The maximum Gasteiger partial charge on any atom is 0.244 e. The zero-order valence-electron chi connectivity index (χ0n) is 11.1. The smallest absolute Gasteiger partial charge is 0.244 e. The lowest BCUT2D eigenvalue weighted by molar-refractivity contribution is 0.387. The summed E-state index contributed by atoms with van der Waals surface area (Å²) in [6.45, 7) is 1.86. The van der Waals surface area contributed by atoms with Crippen LogP contribution >= 0.6 is 0 Å². The van der Waals surface area contributed by atoms with E-state index < -0.39 is 10.0 Å². The molecule has 2 rings (SSSR count). The lowest BCUT2D eigenvalue weighted by Gasteiger charge is -2.09. The van der Waals surface area contributed by atoms with Gasteiger partial charge in [-0.15, -0.1) is 0 Å². The van der Waals surface area contributed by atoms with Crippen LogP contribution < -0.4 is 10.0 Å². The van der Waals surface area contributed by atoms with Crippen molar-refractivity contribution in [2.45, 2.75) is 18.2 Å². The molecular formula is C11H15N5O3S. The molecule has 2 aromatic rings. The van der Waals surface area contributed by atoms with Gasteiger partial charge in [0.05, 0.1) is 5.69 Å². The zero-order chi connectivity index (χ0) is 14.6. The normalized spacial score (nSPS) is 11.5. The third-order valence-electron chi connectivity index (χ3n) is 2.55. The molecule has 0 aromatic carbocycles. The fraction of sp³-hybridized carbons (Fsp3) is 0.364. The summed E-state index contributed by atoms with van der Waals surface area (Å²) in [6, 6.07) is 1.59. The van der Waals surface area contributed by atoms with Gasteiger partial charge < -0.3 is 9.84 Å². The van der Waals surface area contributed by atoms with Crippen LogP contribution in [0.4, 0.5) is 5.69 Å². The predicted molar refractivity (Wildman–Crippen MR) is 71.7 cm³/mol. The van der Waals surface area contributed by atoms with Gasteiger partial charge in [0, 0.05) is 39.3 Å². The van der Waals surface area contributed by atoms with Gasteiger partial charge in [0.2, 0.25) is 15.9 Å². The van der Waals surface area contributed by atoms with Crippen molar-refractivity contribution in [1.29, 1.82) is 0 Å². The number of nitrogens with one attached hydrogen (secondary N) is 2. The summed E-state index contributed by atoms with van der Waals surface area (Å²) in [5.41, 5.74) is 0.489. The van der Waals surface area contributed by atoms with Gasteiger partial charge in [-0.25, -0.2) is 13.1 Å². The van der Waals surface area contributed by atoms with Gasteiger partial charge in [0.1, 0.15) is 4.90 Å². The zero-order valence-corrected chi connectivity index (χ0v) is 11.9. The quantitative estimate of drug-likeness (QED) is 0.790. The highest BCUT2D eigenvalue weighted by Crippen LogP contribution is 2.18. The third-order valence-corrected chi connectivity index (χ3v) is 4.04. The van der Waals surface area contributed by atoms with Crippen molar-refractivity contribution < 1.29 is 12.9 Å². The molecule has 0 fully saturated rings. The first-order valence-corrected chi connectivity index (χ1v) is 7.42. The van der Waals surface area contributed by atoms with Crippen molar-refractivity contribution in [3.63, 3.8) is 0 Å². The maximum absolute atomic E-state index is 12.2. The largest absolute Gasteiger partial charge is 0.387 e. The Bertz CT molecular complexity index is 683. The molecule has 8 nitrogen and oxygen atoms in total. The van der Waals surface area contributed by atoms with Crippen LogP contribution in [0.25, 0.3) is 0 Å². The molecule has 0 amide bonds. The first kappa shape index (κ1) is 14.4. The number of nitrogens with zero attached hydrogens (tertiary/aromatic N) is 3. The first-order chi connectivity index (χ1) is 9.53. The molecule has 0 saturated heterocycles. The van der Waals surface area contributed by atoms with E-state index in [0.717, 1.165) is 0 Å². The summed E-state index contributed by atoms with van der Waals surface area (Å²) in [5.74, 6) is 0.915. The van der Waals surface area contributed by atoms with Crippen molar-refractivity contribution in [2.75, 3.05) is 18.9 Å². The molecule has 0 radical (unpaired) electrons. The number of pyridine rings is 1. The van der Waals surface area contributed by atoms with E-state index in [1.807, 2.05) is 0 Å². The Hall–Kier alpha value is -2.00. The lowest BCUT2D eigenvalue weighted by atomic mass is 10.4. The maximum atomic E-state index is 12.2. The van der Waals surface area contributed by atoms with Gasteiger partial charge in [0.25, 0.3) is 0 Å². The Balaban J connectivity index is 2.04. The van der Waals surface area contributed by atoms with Gasteiger partial charge in [-0.3, -0.25) is 4.98 Å². The molecule has 2 aromatic heterocycles. The fourth-order valence-corrected chi connectivity index (χ4v) is 2.80. The second kappa shape index (κ2) is 5.97. The van der Waals surface area contributed by atoms with Gasteiger partial charge in [0.15, 0.2) is 5.82 Å². The number of hydrogen-bond acceptors (Lipinski definition) is 7. The van der Waals surface area contributed by atoms with Gasteiger partial charge in [-0.1, -0.05) is 5.16 Å². The third kappa shape index (κ3) is 3.31. The minimum absolute atomic E-state index is 0.104. The van der Waals surface area contributed by atoms with E-state index in [2.05, 4.69) is 25.2 Å². The molecule has 0 aliphatic rings. The van der Waals surface area contributed by atoms with Crippen molar-refractivity contribution in [3.8, 4) is 0 Å².